The predicted molar refractivity (Wildman–Crippen MR) is 87.2 cm³/mol. The highest BCUT2D eigenvalue weighted by atomic mass is 16.3. The number of hydrogen-bond donors (Lipinski definition) is 2. The Bertz CT molecular complexity index is 378. The topological polar surface area (TPSA) is 49.3 Å². The van der Waals surface area contributed by atoms with Gasteiger partial charge in [-0.1, -0.05) is 75.8 Å². The Balaban J connectivity index is 2.05. The predicted octanol–water partition coefficient (Wildman–Crippen LogP) is 3.46. The van der Waals surface area contributed by atoms with Crippen LogP contribution < -0.4 is 5.32 Å². The Hall–Kier alpha value is -1.35. The molecule has 1 amide bonds. The Morgan fingerprint density at radius 3 is 2.48 bits per heavy atom. The van der Waals surface area contributed by atoms with Gasteiger partial charge in [0.1, 0.15) is 6.10 Å². The molecule has 0 heterocycles. The van der Waals surface area contributed by atoms with E-state index < -0.39 is 6.10 Å². The fourth-order valence-electron chi connectivity index (χ4n) is 2.34. The van der Waals surface area contributed by atoms with E-state index in [1.807, 2.05) is 30.3 Å². The first kappa shape index (κ1) is 17.7. The molecule has 0 fully saturated rings. The van der Waals surface area contributed by atoms with Crippen LogP contribution in [0.3, 0.4) is 0 Å². The summed E-state index contributed by atoms with van der Waals surface area (Å²) in [6.45, 7) is 2.78. The van der Waals surface area contributed by atoms with Gasteiger partial charge in [0.15, 0.2) is 0 Å². The van der Waals surface area contributed by atoms with Crippen molar-refractivity contribution >= 4 is 5.91 Å². The molecular formula is C18H29NO2. The zero-order valence-corrected chi connectivity index (χ0v) is 13.2. The molecule has 0 aromatic heterocycles. The molecule has 1 rings (SSSR count). The van der Waals surface area contributed by atoms with E-state index in [4.69, 9.17) is 0 Å². The van der Waals surface area contributed by atoms with Gasteiger partial charge in [0, 0.05) is 6.54 Å². The molecule has 0 radical (unpaired) electrons. The van der Waals surface area contributed by atoms with Gasteiger partial charge in [0.25, 0.3) is 0 Å². The Kier molecular flexibility index (Phi) is 9.55. The van der Waals surface area contributed by atoms with E-state index in [1.54, 1.807) is 0 Å². The molecule has 1 aromatic rings. The van der Waals surface area contributed by atoms with Crippen molar-refractivity contribution in [1.82, 2.24) is 5.32 Å². The van der Waals surface area contributed by atoms with E-state index >= 15 is 0 Å². The first-order valence-corrected chi connectivity index (χ1v) is 8.23. The quantitative estimate of drug-likeness (QED) is 0.613. The van der Waals surface area contributed by atoms with E-state index in [9.17, 15) is 9.90 Å². The number of unbranched alkanes of at least 4 members (excludes halogenated alkanes) is 5. The van der Waals surface area contributed by atoms with E-state index in [-0.39, 0.29) is 5.91 Å². The van der Waals surface area contributed by atoms with Crippen LogP contribution in [-0.2, 0) is 11.2 Å². The molecule has 1 atom stereocenters. The van der Waals surface area contributed by atoms with Crippen LogP contribution in [0.2, 0.25) is 0 Å². The molecule has 0 aliphatic heterocycles. The largest absolute Gasteiger partial charge is 0.383 e. The number of carbonyl (C=O) groups excluding carboxylic acids is 1. The van der Waals surface area contributed by atoms with Crippen molar-refractivity contribution in [2.24, 2.45) is 0 Å². The summed E-state index contributed by atoms with van der Waals surface area (Å²) in [4.78, 5) is 11.7. The molecule has 1 aromatic carbocycles. The number of amides is 1. The molecule has 3 heteroatoms. The molecule has 0 saturated carbocycles. The lowest BCUT2D eigenvalue weighted by Crippen LogP contribution is -2.35. The summed E-state index contributed by atoms with van der Waals surface area (Å²) < 4.78 is 0. The molecule has 1 unspecified atom stereocenters. The molecule has 0 aliphatic rings. The Morgan fingerprint density at radius 1 is 1.10 bits per heavy atom. The van der Waals surface area contributed by atoms with Crippen molar-refractivity contribution in [2.75, 3.05) is 6.54 Å². The smallest absolute Gasteiger partial charge is 0.248 e. The third kappa shape index (κ3) is 8.51. The van der Waals surface area contributed by atoms with Gasteiger partial charge in [-0.05, 0) is 18.4 Å². The highest BCUT2D eigenvalue weighted by Crippen LogP contribution is 2.08. The monoisotopic (exact) mass is 291 g/mol. The average molecular weight is 291 g/mol. The maximum Gasteiger partial charge on any atom is 0.248 e. The molecule has 2 N–H and O–H groups in total. The first-order chi connectivity index (χ1) is 10.2. The van der Waals surface area contributed by atoms with Gasteiger partial charge in [-0.3, -0.25) is 4.79 Å². The number of rotatable bonds is 11. The van der Waals surface area contributed by atoms with Crippen LogP contribution >= 0.6 is 0 Å². The minimum absolute atomic E-state index is 0.237. The Morgan fingerprint density at radius 2 is 1.76 bits per heavy atom. The summed E-state index contributed by atoms with van der Waals surface area (Å²) in [5.74, 6) is -0.237. The lowest BCUT2D eigenvalue weighted by atomic mass is 10.1. The van der Waals surface area contributed by atoms with Crippen molar-refractivity contribution < 1.29 is 9.90 Å². The summed E-state index contributed by atoms with van der Waals surface area (Å²) in [5, 5.41) is 12.6. The maximum atomic E-state index is 11.7. The normalized spacial score (nSPS) is 12.1. The summed E-state index contributed by atoms with van der Waals surface area (Å²) in [5.41, 5.74) is 1.20. The van der Waals surface area contributed by atoms with E-state index in [0.29, 0.717) is 13.0 Å². The molecule has 0 spiro atoms. The van der Waals surface area contributed by atoms with Crippen molar-refractivity contribution in [3.8, 4) is 0 Å². The lowest BCUT2D eigenvalue weighted by molar-refractivity contribution is -0.129. The Labute approximate surface area is 128 Å². The van der Waals surface area contributed by atoms with Crippen LogP contribution in [0.4, 0.5) is 0 Å². The van der Waals surface area contributed by atoms with Crippen molar-refractivity contribution in [1.29, 1.82) is 0 Å². The van der Waals surface area contributed by atoms with Crippen molar-refractivity contribution in [3.63, 3.8) is 0 Å². The average Bonchev–Trinajstić information content (AvgIpc) is 2.51. The maximum absolute atomic E-state index is 11.7. The number of nitrogens with one attached hydrogen (secondary N) is 1. The van der Waals surface area contributed by atoms with Crippen LogP contribution in [-0.4, -0.2) is 23.7 Å². The fourth-order valence-corrected chi connectivity index (χ4v) is 2.34. The van der Waals surface area contributed by atoms with Crippen LogP contribution in [0.1, 0.15) is 57.4 Å². The first-order valence-electron chi connectivity index (χ1n) is 8.23. The highest BCUT2D eigenvalue weighted by molar-refractivity contribution is 5.80. The van der Waals surface area contributed by atoms with Gasteiger partial charge in [0.05, 0.1) is 0 Å². The number of aliphatic hydroxyl groups is 1. The van der Waals surface area contributed by atoms with E-state index in [1.165, 1.54) is 31.2 Å². The van der Waals surface area contributed by atoms with Gasteiger partial charge >= 0.3 is 0 Å². The lowest BCUT2D eigenvalue weighted by Gasteiger charge is -2.11. The summed E-state index contributed by atoms with van der Waals surface area (Å²) >= 11 is 0. The standard InChI is InChI=1S/C18H29NO2/c1-2-3-4-5-6-10-13-17(20)18(21)19-15-14-16-11-8-7-9-12-16/h7-9,11-12,17,20H,2-6,10,13-15H2,1H3,(H,19,21). The second-order valence-corrected chi connectivity index (χ2v) is 5.60. The van der Waals surface area contributed by atoms with Crippen LogP contribution in [0.25, 0.3) is 0 Å². The zero-order valence-electron chi connectivity index (χ0n) is 13.2. The fraction of sp³-hybridized carbons (Fsp3) is 0.611. The van der Waals surface area contributed by atoms with E-state index in [0.717, 1.165) is 19.3 Å². The summed E-state index contributed by atoms with van der Waals surface area (Å²) in [6.07, 6.45) is 7.54. The third-order valence-electron chi connectivity index (χ3n) is 3.69. The van der Waals surface area contributed by atoms with Gasteiger partial charge in [0.2, 0.25) is 5.91 Å². The molecule has 0 aliphatic carbocycles. The van der Waals surface area contributed by atoms with Crippen molar-refractivity contribution in [3.05, 3.63) is 35.9 Å². The molecule has 0 bridgehead atoms. The van der Waals surface area contributed by atoms with Crippen LogP contribution in [0.5, 0.6) is 0 Å². The highest BCUT2D eigenvalue weighted by Gasteiger charge is 2.13. The summed E-state index contributed by atoms with van der Waals surface area (Å²) in [7, 11) is 0. The molecular weight excluding hydrogens is 262 g/mol. The third-order valence-corrected chi connectivity index (χ3v) is 3.69. The SMILES string of the molecule is CCCCCCCCC(O)C(=O)NCCc1ccccc1. The van der Waals surface area contributed by atoms with Gasteiger partial charge in [-0.25, -0.2) is 0 Å². The van der Waals surface area contributed by atoms with Crippen molar-refractivity contribution in [2.45, 2.75) is 64.4 Å². The second-order valence-electron chi connectivity index (χ2n) is 5.60. The molecule has 3 nitrogen and oxygen atoms in total. The summed E-state index contributed by atoms with van der Waals surface area (Å²) in [6, 6.07) is 10.0. The van der Waals surface area contributed by atoms with E-state index in [2.05, 4.69) is 12.2 Å². The van der Waals surface area contributed by atoms with Crippen LogP contribution in [0, 0.1) is 0 Å². The minimum Gasteiger partial charge on any atom is -0.383 e. The zero-order chi connectivity index (χ0) is 15.3. The van der Waals surface area contributed by atoms with Gasteiger partial charge in [-0.15, -0.1) is 0 Å². The number of carbonyl (C=O) groups is 1. The molecule has 21 heavy (non-hydrogen) atoms. The minimum atomic E-state index is -0.855. The number of aliphatic hydroxyl groups excluding tert-OH is 1. The number of benzene rings is 1. The molecule has 0 saturated heterocycles. The molecule has 118 valence electrons. The van der Waals surface area contributed by atoms with Gasteiger partial charge in [-0.2, -0.15) is 0 Å². The number of hydrogen-bond acceptors (Lipinski definition) is 2. The van der Waals surface area contributed by atoms with Crippen LogP contribution in [0.15, 0.2) is 30.3 Å². The van der Waals surface area contributed by atoms with Gasteiger partial charge < -0.3 is 10.4 Å². The second kappa shape index (κ2) is 11.3.